The van der Waals surface area contributed by atoms with Gasteiger partial charge in [0.05, 0.1) is 36.7 Å². The summed E-state index contributed by atoms with van der Waals surface area (Å²) in [5.41, 5.74) is 10.00. The third-order valence-electron chi connectivity index (χ3n) is 7.61. The summed E-state index contributed by atoms with van der Waals surface area (Å²) in [5, 5.41) is 4.43. The topological polar surface area (TPSA) is 45.6 Å². The number of rotatable bonds is 6. The third-order valence-corrected chi connectivity index (χ3v) is 7.96. The number of morpholine rings is 1. The quantitative estimate of drug-likeness (QED) is 0.491. The summed E-state index contributed by atoms with van der Waals surface area (Å²) in [7, 11) is 0. The summed E-state index contributed by atoms with van der Waals surface area (Å²) in [6.45, 7) is 16.4. The smallest absolute Gasteiger partial charge is 0.170 e. The number of benzene rings is 1. The van der Waals surface area contributed by atoms with Gasteiger partial charge in [-0.15, -0.1) is 0 Å². The van der Waals surface area contributed by atoms with Crippen LogP contribution < -0.4 is 5.32 Å². The van der Waals surface area contributed by atoms with Gasteiger partial charge in [0, 0.05) is 43.8 Å². The molecule has 0 aliphatic carbocycles. The Morgan fingerprint density at radius 3 is 2.39 bits per heavy atom. The number of aryl methyl sites for hydroxylation is 4. The number of ether oxygens (including phenoxy) is 1. The van der Waals surface area contributed by atoms with Crippen LogP contribution in [-0.4, -0.2) is 63.9 Å². The van der Waals surface area contributed by atoms with Gasteiger partial charge < -0.3 is 19.5 Å². The second kappa shape index (κ2) is 10.3. The van der Waals surface area contributed by atoms with Crippen molar-refractivity contribution in [2.45, 2.75) is 46.7 Å². The molecular weight excluding hydrogens is 466 g/mol. The van der Waals surface area contributed by atoms with Gasteiger partial charge in [0.2, 0.25) is 0 Å². The van der Waals surface area contributed by atoms with E-state index in [2.05, 4.69) is 84.6 Å². The van der Waals surface area contributed by atoms with Crippen LogP contribution >= 0.6 is 12.2 Å². The van der Waals surface area contributed by atoms with Gasteiger partial charge in [-0.25, -0.2) is 0 Å². The Labute approximate surface area is 220 Å². The second-order valence-corrected chi connectivity index (χ2v) is 10.6. The fourth-order valence-electron chi connectivity index (χ4n) is 6.02. The number of thiocarbonyl (C=S) groups is 1. The zero-order valence-corrected chi connectivity index (χ0v) is 22.9. The van der Waals surface area contributed by atoms with Crippen LogP contribution in [0.15, 0.2) is 42.6 Å². The van der Waals surface area contributed by atoms with Gasteiger partial charge in [-0.1, -0.05) is 23.8 Å². The van der Waals surface area contributed by atoms with Crippen LogP contribution in [0.1, 0.15) is 51.4 Å². The highest BCUT2D eigenvalue weighted by atomic mass is 32.1. The highest BCUT2D eigenvalue weighted by Crippen LogP contribution is 2.41. The maximum absolute atomic E-state index is 5.93. The van der Waals surface area contributed by atoms with E-state index in [0.29, 0.717) is 0 Å². The molecule has 2 atom stereocenters. The van der Waals surface area contributed by atoms with Crippen molar-refractivity contribution in [3.63, 3.8) is 0 Å². The third kappa shape index (κ3) is 4.67. The van der Waals surface area contributed by atoms with E-state index < -0.39 is 0 Å². The zero-order chi connectivity index (χ0) is 25.4. The molecule has 0 unspecified atom stereocenters. The lowest BCUT2D eigenvalue weighted by Crippen LogP contribution is -2.42. The Bertz CT molecular complexity index is 1230. The summed E-state index contributed by atoms with van der Waals surface area (Å²) in [5.74, 6) is 0. The SMILES string of the molecule is Cc1cc(C)c(-n2c(C)cc([C@H]3[C@@H](c4ccccn4)NC(=S)N3CCN3CCOCC3)c2C)c(C)c1. The molecule has 1 aromatic carbocycles. The Balaban J connectivity index is 1.56. The molecule has 2 aromatic heterocycles. The van der Waals surface area contributed by atoms with Gasteiger partial charge in [-0.2, -0.15) is 0 Å². The maximum Gasteiger partial charge on any atom is 0.170 e. The number of nitrogens with one attached hydrogen (secondary N) is 1. The maximum atomic E-state index is 5.93. The van der Waals surface area contributed by atoms with E-state index in [-0.39, 0.29) is 12.1 Å². The molecular formula is C29H37N5OS. The van der Waals surface area contributed by atoms with E-state index in [0.717, 1.165) is 50.2 Å². The van der Waals surface area contributed by atoms with Crippen molar-refractivity contribution in [1.29, 1.82) is 0 Å². The van der Waals surface area contributed by atoms with Crippen LogP contribution in [0.4, 0.5) is 0 Å². The van der Waals surface area contributed by atoms with Gasteiger partial charge in [0.25, 0.3) is 0 Å². The number of hydrogen-bond donors (Lipinski definition) is 1. The Morgan fingerprint density at radius 2 is 1.72 bits per heavy atom. The average Bonchev–Trinajstić information content (AvgIpc) is 3.34. The largest absolute Gasteiger partial charge is 0.379 e. The van der Waals surface area contributed by atoms with Crippen LogP contribution in [0.2, 0.25) is 0 Å². The van der Waals surface area contributed by atoms with Gasteiger partial charge >= 0.3 is 0 Å². The zero-order valence-electron chi connectivity index (χ0n) is 22.0. The van der Waals surface area contributed by atoms with Gasteiger partial charge in [-0.05, 0) is 81.7 Å². The molecule has 0 saturated carbocycles. The first-order valence-electron chi connectivity index (χ1n) is 12.9. The van der Waals surface area contributed by atoms with E-state index in [9.17, 15) is 0 Å². The van der Waals surface area contributed by atoms with Crippen molar-refractivity contribution >= 4 is 17.3 Å². The fraction of sp³-hybridized carbons (Fsp3) is 0.448. The summed E-state index contributed by atoms with van der Waals surface area (Å²) in [6, 6.07) is 13.1. The molecule has 0 radical (unpaired) electrons. The molecule has 2 saturated heterocycles. The predicted molar refractivity (Wildman–Crippen MR) is 149 cm³/mol. The van der Waals surface area contributed by atoms with Crippen LogP contribution in [0.5, 0.6) is 0 Å². The van der Waals surface area contributed by atoms with Gasteiger partial charge in [0.1, 0.15) is 0 Å². The minimum atomic E-state index is -0.00227. The molecule has 0 amide bonds. The first kappa shape index (κ1) is 24.9. The van der Waals surface area contributed by atoms with E-state index in [1.165, 1.54) is 39.3 Å². The van der Waals surface area contributed by atoms with Crippen molar-refractivity contribution in [2.75, 3.05) is 39.4 Å². The van der Waals surface area contributed by atoms with Crippen molar-refractivity contribution in [2.24, 2.45) is 0 Å². The molecule has 1 N–H and O–H groups in total. The molecule has 36 heavy (non-hydrogen) atoms. The lowest BCUT2D eigenvalue weighted by molar-refractivity contribution is 0.0350. The number of aromatic nitrogens is 2. The molecule has 7 heteroatoms. The first-order valence-corrected chi connectivity index (χ1v) is 13.3. The summed E-state index contributed by atoms with van der Waals surface area (Å²) in [6.07, 6.45) is 1.87. The summed E-state index contributed by atoms with van der Waals surface area (Å²) >= 11 is 5.93. The molecule has 4 heterocycles. The average molecular weight is 504 g/mol. The van der Waals surface area contributed by atoms with Crippen molar-refractivity contribution in [1.82, 2.24) is 24.7 Å². The number of nitrogens with zero attached hydrogens (tertiary/aromatic N) is 4. The lowest BCUT2D eigenvalue weighted by Gasteiger charge is -2.32. The van der Waals surface area contributed by atoms with Crippen LogP contribution in [0, 0.1) is 34.6 Å². The van der Waals surface area contributed by atoms with E-state index in [1.54, 1.807) is 0 Å². The predicted octanol–water partition coefficient (Wildman–Crippen LogP) is 4.72. The summed E-state index contributed by atoms with van der Waals surface area (Å²) in [4.78, 5) is 9.58. The monoisotopic (exact) mass is 503 g/mol. The molecule has 190 valence electrons. The molecule has 6 nitrogen and oxygen atoms in total. The Hall–Kier alpha value is -2.74. The molecule has 2 fully saturated rings. The highest BCUT2D eigenvalue weighted by molar-refractivity contribution is 7.80. The van der Waals surface area contributed by atoms with Crippen LogP contribution in [-0.2, 0) is 4.74 Å². The lowest BCUT2D eigenvalue weighted by atomic mass is 9.96. The van der Waals surface area contributed by atoms with E-state index in [1.807, 2.05) is 12.3 Å². The van der Waals surface area contributed by atoms with Crippen molar-refractivity contribution in [3.05, 3.63) is 81.9 Å². The molecule has 3 aromatic rings. The molecule has 2 aliphatic rings. The minimum Gasteiger partial charge on any atom is -0.379 e. The fourth-order valence-corrected chi connectivity index (χ4v) is 6.35. The van der Waals surface area contributed by atoms with Gasteiger partial charge in [-0.3, -0.25) is 9.88 Å². The highest BCUT2D eigenvalue weighted by Gasteiger charge is 2.41. The van der Waals surface area contributed by atoms with Crippen LogP contribution in [0.3, 0.4) is 0 Å². The van der Waals surface area contributed by atoms with Crippen molar-refractivity contribution < 1.29 is 4.74 Å². The molecule has 2 aliphatic heterocycles. The molecule has 0 spiro atoms. The Morgan fingerprint density at radius 1 is 1.00 bits per heavy atom. The summed E-state index contributed by atoms with van der Waals surface area (Å²) < 4.78 is 7.98. The Kier molecular flexibility index (Phi) is 7.15. The molecule has 0 bridgehead atoms. The van der Waals surface area contributed by atoms with E-state index in [4.69, 9.17) is 21.9 Å². The van der Waals surface area contributed by atoms with Gasteiger partial charge in [0.15, 0.2) is 5.11 Å². The minimum absolute atomic E-state index is 0.00227. The standard InChI is InChI=1S/C29H37N5OS/c1-19-16-20(2)27(21(3)17-19)34-22(4)18-24(23(34)5)28-26(25-8-6-7-9-30-25)31-29(36)33(28)11-10-32-12-14-35-15-13-32/h6-9,16-18,26,28H,10-15H2,1-5H3,(H,31,36)/t26-,28+/m1/s1. The van der Waals surface area contributed by atoms with Crippen LogP contribution in [0.25, 0.3) is 5.69 Å². The second-order valence-electron chi connectivity index (χ2n) is 10.2. The normalized spacial score (nSPS) is 20.7. The first-order chi connectivity index (χ1) is 17.3. The van der Waals surface area contributed by atoms with Crippen molar-refractivity contribution in [3.8, 4) is 5.69 Å². The number of pyridine rings is 1. The van der Waals surface area contributed by atoms with E-state index >= 15 is 0 Å². The molecule has 5 rings (SSSR count). The number of hydrogen-bond acceptors (Lipinski definition) is 4.